The van der Waals surface area contributed by atoms with Crippen LogP contribution in [0.15, 0.2) is 0 Å². The van der Waals surface area contributed by atoms with Crippen molar-refractivity contribution in [3.8, 4) is 0 Å². The Morgan fingerprint density at radius 1 is 1.32 bits per heavy atom. The van der Waals surface area contributed by atoms with Crippen LogP contribution in [0.2, 0.25) is 0 Å². The Morgan fingerprint density at radius 2 is 1.95 bits per heavy atom. The zero-order valence-electron chi connectivity index (χ0n) is 12.1. The van der Waals surface area contributed by atoms with E-state index in [2.05, 4.69) is 12.2 Å². The molecule has 0 aromatic heterocycles. The molecule has 0 aromatic carbocycles. The summed E-state index contributed by atoms with van der Waals surface area (Å²) in [6.45, 7) is 3.36. The van der Waals surface area contributed by atoms with Gasteiger partial charge in [0.1, 0.15) is 0 Å². The van der Waals surface area contributed by atoms with Crippen LogP contribution < -0.4 is 11.1 Å². The van der Waals surface area contributed by atoms with Gasteiger partial charge in [0.25, 0.3) is 0 Å². The number of hydrogen-bond donors (Lipinski definition) is 2. The molecule has 1 atom stereocenters. The summed E-state index contributed by atoms with van der Waals surface area (Å²) < 4.78 is 5.30. The molecule has 1 aliphatic carbocycles. The van der Waals surface area contributed by atoms with Gasteiger partial charge in [0.2, 0.25) is 5.91 Å². The molecule has 4 nitrogen and oxygen atoms in total. The van der Waals surface area contributed by atoms with Crippen LogP contribution in [-0.4, -0.2) is 30.7 Å². The second-order valence-corrected chi connectivity index (χ2v) is 6.15. The fourth-order valence-corrected chi connectivity index (χ4v) is 3.36. The SMILES string of the molecule is CCC(NC(=O)C1(N)CCOCC1)C1CCCCC1. The van der Waals surface area contributed by atoms with Gasteiger partial charge in [-0.3, -0.25) is 4.79 Å². The molecule has 1 unspecified atom stereocenters. The number of ether oxygens (including phenoxy) is 1. The van der Waals surface area contributed by atoms with Crippen LogP contribution in [0.25, 0.3) is 0 Å². The maximum atomic E-state index is 12.4. The quantitative estimate of drug-likeness (QED) is 0.819. The molecule has 19 heavy (non-hydrogen) atoms. The van der Waals surface area contributed by atoms with Crippen LogP contribution in [0.4, 0.5) is 0 Å². The highest BCUT2D eigenvalue weighted by Gasteiger charge is 2.37. The summed E-state index contributed by atoms with van der Waals surface area (Å²) in [6.07, 6.45) is 8.73. The van der Waals surface area contributed by atoms with Crippen LogP contribution in [-0.2, 0) is 9.53 Å². The van der Waals surface area contributed by atoms with E-state index in [0.717, 1.165) is 6.42 Å². The topological polar surface area (TPSA) is 64.4 Å². The fraction of sp³-hybridized carbons (Fsp3) is 0.933. The molecule has 2 rings (SSSR count). The lowest BCUT2D eigenvalue weighted by Crippen LogP contribution is -2.59. The van der Waals surface area contributed by atoms with Gasteiger partial charge in [0, 0.05) is 19.3 Å². The largest absolute Gasteiger partial charge is 0.381 e. The average Bonchev–Trinajstić information content (AvgIpc) is 2.46. The molecule has 1 saturated carbocycles. The summed E-state index contributed by atoms with van der Waals surface area (Å²) in [4.78, 5) is 12.4. The monoisotopic (exact) mass is 268 g/mol. The normalized spacial score (nSPS) is 25.8. The van der Waals surface area contributed by atoms with E-state index in [0.29, 0.717) is 38.0 Å². The summed E-state index contributed by atoms with van der Waals surface area (Å²) >= 11 is 0. The zero-order valence-corrected chi connectivity index (χ0v) is 12.1. The Morgan fingerprint density at radius 3 is 2.53 bits per heavy atom. The predicted octanol–water partition coefficient (Wildman–Crippen LogP) is 1.97. The lowest BCUT2D eigenvalue weighted by Gasteiger charge is -2.36. The van der Waals surface area contributed by atoms with Crippen molar-refractivity contribution in [2.75, 3.05) is 13.2 Å². The standard InChI is InChI=1S/C15H28N2O2/c1-2-13(12-6-4-3-5-7-12)17-14(18)15(16)8-10-19-11-9-15/h12-13H,2-11,16H2,1H3,(H,17,18). The zero-order chi connectivity index (χ0) is 13.7. The Bertz CT molecular complexity index is 295. The van der Waals surface area contributed by atoms with Crippen LogP contribution in [0.1, 0.15) is 58.3 Å². The molecular weight excluding hydrogens is 240 g/mol. The van der Waals surface area contributed by atoms with E-state index in [4.69, 9.17) is 10.5 Å². The summed E-state index contributed by atoms with van der Waals surface area (Å²) in [5.74, 6) is 0.680. The van der Waals surface area contributed by atoms with Gasteiger partial charge < -0.3 is 15.8 Å². The number of carbonyl (C=O) groups is 1. The Hall–Kier alpha value is -0.610. The first kappa shape index (κ1) is 14.8. The molecule has 1 saturated heterocycles. The molecule has 3 N–H and O–H groups in total. The smallest absolute Gasteiger partial charge is 0.240 e. The molecule has 0 spiro atoms. The molecule has 1 heterocycles. The van der Waals surface area contributed by atoms with Gasteiger partial charge in [-0.05, 0) is 38.0 Å². The number of carbonyl (C=O) groups excluding carboxylic acids is 1. The van der Waals surface area contributed by atoms with Gasteiger partial charge in [-0.15, -0.1) is 0 Å². The highest BCUT2D eigenvalue weighted by molar-refractivity contribution is 5.86. The average molecular weight is 268 g/mol. The van der Waals surface area contributed by atoms with Gasteiger partial charge in [-0.2, -0.15) is 0 Å². The molecule has 1 amide bonds. The minimum atomic E-state index is -0.708. The van der Waals surface area contributed by atoms with Crippen LogP contribution in [0.5, 0.6) is 0 Å². The van der Waals surface area contributed by atoms with Crippen LogP contribution in [0, 0.1) is 5.92 Å². The highest BCUT2D eigenvalue weighted by atomic mass is 16.5. The van der Waals surface area contributed by atoms with Crippen LogP contribution in [0.3, 0.4) is 0 Å². The number of nitrogens with two attached hydrogens (primary N) is 1. The summed E-state index contributed by atoms with van der Waals surface area (Å²) in [5.41, 5.74) is 5.54. The molecule has 2 fully saturated rings. The van der Waals surface area contributed by atoms with Gasteiger partial charge in [-0.1, -0.05) is 26.2 Å². The van der Waals surface area contributed by atoms with E-state index < -0.39 is 5.54 Å². The molecule has 1 aliphatic heterocycles. The van der Waals surface area contributed by atoms with E-state index >= 15 is 0 Å². The van der Waals surface area contributed by atoms with Gasteiger partial charge >= 0.3 is 0 Å². The Kier molecular flexibility index (Phi) is 5.22. The van der Waals surface area contributed by atoms with Crippen molar-refractivity contribution < 1.29 is 9.53 Å². The molecule has 110 valence electrons. The van der Waals surface area contributed by atoms with Gasteiger partial charge in [0.15, 0.2) is 0 Å². The Labute approximate surface area is 116 Å². The van der Waals surface area contributed by atoms with Crippen molar-refractivity contribution in [3.63, 3.8) is 0 Å². The molecule has 0 bridgehead atoms. The van der Waals surface area contributed by atoms with Crippen LogP contribution >= 0.6 is 0 Å². The van der Waals surface area contributed by atoms with Crippen molar-refractivity contribution in [1.29, 1.82) is 0 Å². The lowest BCUT2D eigenvalue weighted by molar-refractivity contribution is -0.131. The third-order valence-corrected chi connectivity index (χ3v) is 4.81. The van der Waals surface area contributed by atoms with Crippen molar-refractivity contribution in [2.24, 2.45) is 11.7 Å². The number of hydrogen-bond acceptors (Lipinski definition) is 3. The van der Waals surface area contributed by atoms with E-state index in [1.165, 1.54) is 32.1 Å². The first-order chi connectivity index (χ1) is 9.15. The van der Waals surface area contributed by atoms with Crippen molar-refractivity contribution >= 4 is 5.91 Å². The number of amides is 1. The van der Waals surface area contributed by atoms with E-state index in [1.54, 1.807) is 0 Å². The lowest BCUT2D eigenvalue weighted by atomic mass is 9.82. The fourth-order valence-electron chi connectivity index (χ4n) is 3.36. The summed E-state index contributed by atoms with van der Waals surface area (Å²) in [7, 11) is 0. The maximum Gasteiger partial charge on any atom is 0.240 e. The molecular formula is C15H28N2O2. The first-order valence-corrected chi connectivity index (χ1v) is 7.83. The molecule has 0 radical (unpaired) electrons. The van der Waals surface area contributed by atoms with E-state index in [1.807, 2.05) is 0 Å². The predicted molar refractivity (Wildman–Crippen MR) is 75.8 cm³/mol. The highest BCUT2D eigenvalue weighted by Crippen LogP contribution is 2.28. The van der Waals surface area contributed by atoms with Crippen molar-refractivity contribution in [3.05, 3.63) is 0 Å². The van der Waals surface area contributed by atoms with Crippen molar-refractivity contribution in [1.82, 2.24) is 5.32 Å². The summed E-state index contributed by atoms with van der Waals surface area (Å²) in [5, 5.41) is 3.23. The minimum absolute atomic E-state index is 0.0354. The van der Waals surface area contributed by atoms with Crippen molar-refractivity contribution in [2.45, 2.75) is 69.9 Å². The second-order valence-electron chi connectivity index (χ2n) is 6.15. The second kappa shape index (κ2) is 6.71. The molecule has 2 aliphatic rings. The third-order valence-electron chi connectivity index (χ3n) is 4.81. The minimum Gasteiger partial charge on any atom is -0.381 e. The molecule has 0 aromatic rings. The molecule has 4 heteroatoms. The third kappa shape index (κ3) is 3.69. The summed E-state index contributed by atoms with van der Waals surface area (Å²) in [6, 6.07) is 0.302. The number of nitrogens with one attached hydrogen (secondary N) is 1. The Balaban J connectivity index is 1.91. The van der Waals surface area contributed by atoms with Gasteiger partial charge in [-0.25, -0.2) is 0 Å². The number of rotatable bonds is 4. The van der Waals surface area contributed by atoms with E-state index in [-0.39, 0.29) is 5.91 Å². The van der Waals surface area contributed by atoms with E-state index in [9.17, 15) is 4.79 Å². The van der Waals surface area contributed by atoms with Gasteiger partial charge in [0.05, 0.1) is 5.54 Å². The maximum absolute atomic E-state index is 12.4. The first-order valence-electron chi connectivity index (χ1n) is 7.83.